The van der Waals surface area contributed by atoms with Crippen LogP contribution in [0.4, 0.5) is 0 Å². The Balaban J connectivity index is 1.85. The van der Waals surface area contributed by atoms with E-state index in [2.05, 4.69) is 15.0 Å². The van der Waals surface area contributed by atoms with Crippen LogP contribution in [-0.4, -0.2) is 25.3 Å². The second kappa shape index (κ2) is 7.89. The van der Waals surface area contributed by atoms with E-state index in [-0.39, 0.29) is 5.78 Å². The second-order valence-corrected chi connectivity index (χ2v) is 7.03. The maximum atomic E-state index is 12.8. The van der Waals surface area contributed by atoms with Gasteiger partial charge in [-0.15, -0.1) is 0 Å². The molecular formula is C17H13N3OS2. The second-order valence-electron chi connectivity index (χ2n) is 4.48. The Morgan fingerprint density at radius 2 is 1.26 bits per heavy atom. The average molecular weight is 339 g/mol. The van der Waals surface area contributed by atoms with E-state index >= 15 is 0 Å². The van der Waals surface area contributed by atoms with Gasteiger partial charge in [-0.3, -0.25) is 9.78 Å². The first-order valence-corrected chi connectivity index (χ1v) is 8.69. The molecule has 3 rings (SSSR count). The van der Waals surface area contributed by atoms with E-state index in [9.17, 15) is 4.79 Å². The van der Waals surface area contributed by atoms with Gasteiger partial charge in [-0.25, -0.2) is 9.97 Å². The summed E-state index contributed by atoms with van der Waals surface area (Å²) in [5.74, 6) is -0.0445. The fourth-order valence-corrected chi connectivity index (χ4v) is 4.05. The minimum absolute atomic E-state index is 0.0445. The summed E-state index contributed by atoms with van der Waals surface area (Å²) in [7, 11) is 0. The zero-order valence-corrected chi connectivity index (χ0v) is 13.7. The summed E-state index contributed by atoms with van der Waals surface area (Å²) in [6.07, 6.45) is 5.06. The SMILES string of the molecule is O=C(c1ccccn1)C(Sc1ccccn1)Sc1ccccn1. The molecule has 3 aromatic rings. The van der Waals surface area contributed by atoms with Crippen molar-refractivity contribution in [3.8, 4) is 0 Å². The third-order valence-electron chi connectivity index (χ3n) is 2.86. The van der Waals surface area contributed by atoms with Gasteiger partial charge in [-0.1, -0.05) is 41.7 Å². The molecule has 0 amide bonds. The zero-order valence-electron chi connectivity index (χ0n) is 12.1. The quantitative estimate of drug-likeness (QED) is 0.385. The Morgan fingerprint density at radius 3 is 1.70 bits per heavy atom. The van der Waals surface area contributed by atoms with Crippen LogP contribution in [0.5, 0.6) is 0 Å². The molecule has 3 heterocycles. The molecule has 0 fully saturated rings. The maximum absolute atomic E-state index is 12.8. The average Bonchev–Trinajstić information content (AvgIpc) is 2.63. The van der Waals surface area contributed by atoms with Crippen LogP contribution >= 0.6 is 23.5 Å². The van der Waals surface area contributed by atoms with Gasteiger partial charge in [-0.05, 0) is 36.4 Å². The van der Waals surface area contributed by atoms with Crippen LogP contribution < -0.4 is 0 Å². The van der Waals surface area contributed by atoms with Crippen LogP contribution in [-0.2, 0) is 0 Å². The van der Waals surface area contributed by atoms with Crippen molar-refractivity contribution in [3.05, 3.63) is 78.9 Å². The lowest BCUT2D eigenvalue weighted by atomic mass is 10.3. The Kier molecular flexibility index (Phi) is 5.39. The van der Waals surface area contributed by atoms with Crippen molar-refractivity contribution in [1.82, 2.24) is 15.0 Å². The molecule has 0 aliphatic carbocycles. The van der Waals surface area contributed by atoms with Crippen molar-refractivity contribution in [2.75, 3.05) is 0 Å². The fourth-order valence-electron chi connectivity index (χ4n) is 1.81. The number of nitrogens with zero attached hydrogens (tertiary/aromatic N) is 3. The lowest BCUT2D eigenvalue weighted by molar-refractivity contribution is 0.101. The number of Topliss-reactive ketones (excluding diaryl/α,β-unsaturated/α-hetero) is 1. The van der Waals surface area contributed by atoms with Crippen LogP contribution in [0.3, 0.4) is 0 Å². The molecule has 4 nitrogen and oxygen atoms in total. The van der Waals surface area contributed by atoms with Gasteiger partial charge in [0.15, 0.2) is 0 Å². The van der Waals surface area contributed by atoms with E-state index in [0.717, 1.165) is 10.1 Å². The molecule has 114 valence electrons. The van der Waals surface area contributed by atoms with Crippen molar-refractivity contribution in [2.45, 2.75) is 14.6 Å². The Labute approximate surface area is 142 Å². The number of ketones is 1. The van der Waals surface area contributed by atoms with E-state index in [1.165, 1.54) is 23.5 Å². The topological polar surface area (TPSA) is 55.7 Å². The third kappa shape index (κ3) is 4.40. The highest BCUT2D eigenvalue weighted by atomic mass is 32.2. The monoisotopic (exact) mass is 339 g/mol. The molecule has 23 heavy (non-hydrogen) atoms. The van der Waals surface area contributed by atoms with Gasteiger partial charge >= 0.3 is 0 Å². The molecular weight excluding hydrogens is 326 g/mol. The predicted octanol–water partition coefficient (Wildman–Crippen LogP) is 3.97. The molecule has 0 bridgehead atoms. The molecule has 0 radical (unpaired) electrons. The highest BCUT2D eigenvalue weighted by molar-refractivity contribution is 8.18. The first-order chi connectivity index (χ1) is 11.3. The number of pyridine rings is 3. The predicted molar refractivity (Wildman–Crippen MR) is 92.5 cm³/mol. The van der Waals surface area contributed by atoms with Gasteiger partial charge in [-0.2, -0.15) is 0 Å². The minimum atomic E-state index is -0.394. The fraction of sp³-hybridized carbons (Fsp3) is 0.0588. The molecule has 0 unspecified atom stereocenters. The van der Waals surface area contributed by atoms with E-state index in [4.69, 9.17) is 0 Å². The molecule has 0 aliphatic rings. The van der Waals surface area contributed by atoms with Gasteiger partial charge in [0, 0.05) is 18.6 Å². The summed E-state index contributed by atoms with van der Waals surface area (Å²) < 4.78 is -0.394. The molecule has 0 saturated carbocycles. The van der Waals surface area contributed by atoms with Crippen molar-refractivity contribution < 1.29 is 4.79 Å². The van der Waals surface area contributed by atoms with Crippen molar-refractivity contribution in [3.63, 3.8) is 0 Å². The summed E-state index contributed by atoms with van der Waals surface area (Å²) in [5.41, 5.74) is 0.448. The molecule has 6 heteroatoms. The normalized spacial score (nSPS) is 10.7. The number of thioether (sulfide) groups is 2. The van der Waals surface area contributed by atoms with Crippen LogP contribution in [0, 0.1) is 0 Å². The maximum Gasteiger partial charge on any atom is 0.204 e. The standard InChI is InChI=1S/C17H13N3OS2/c21-16(13-7-1-4-10-18-13)17(22-14-8-2-5-11-19-14)23-15-9-3-6-12-20-15/h1-12,17H. The van der Waals surface area contributed by atoms with Gasteiger partial charge in [0.1, 0.15) is 10.3 Å². The molecule has 0 spiro atoms. The first-order valence-electron chi connectivity index (χ1n) is 6.93. The van der Waals surface area contributed by atoms with Crippen LogP contribution in [0.15, 0.2) is 83.2 Å². The Bertz CT molecular complexity index is 713. The van der Waals surface area contributed by atoms with Gasteiger partial charge < -0.3 is 0 Å². The summed E-state index contributed by atoms with van der Waals surface area (Å²) in [6.45, 7) is 0. The Hall–Kier alpha value is -2.18. The van der Waals surface area contributed by atoms with Crippen LogP contribution in [0.2, 0.25) is 0 Å². The largest absolute Gasteiger partial charge is 0.290 e. The summed E-state index contributed by atoms with van der Waals surface area (Å²) in [6, 6.07) is 16.6. The number of carbonyl (C=O) groups is 1. The van der Waals surface area contributed by atoms with Crippen molar-refractivity contribution in [1.29, 1.82) is 0 Å². The summed E-state index contributed by atoms with van der Waals surface area (Å²) in [5, 5.41) is 1.59. The lowest BCUT2D eigenvalue weighted by Crippen LogP contribution is -2.15. The van der Waals surface area contributed by atoms with Gasteiger partial charge in [0.05, 0.1) is 10.1 Å². The third-order valence-corrected chi connectivity index (χ3v) is 5.26. The van der Waals surface area contributed by atoms with Crippen molar-refractivity contribution in [2.24, 2.45) is 0 Å². The number of hydrogen-bond donors (Lipinski definition) is 0. The highest BCUT2D eigenvalue weighted by Crippen LogP contribution is 2.35. The van der Waals surface area contributed by atoms with Gasteiger partial charge in [0.2, 0.25) is 5.78 Å². The first kappa shape index (κ1) is 15.7. The van der Waals surface area contributed by atoms with Crippen LogP contribution in [0.1, 0.15) is 10.5 Å². The Morgan fingerprint density at radius 1 is 0.739 bits per heavy atom. The molecule has 0 N–H and O–H groups in total. The van der Waals surface area contributed by atoms with Crippen molar-refractivity contribution >= 4 is 29.3 Å². The number of rotatable bonds is 6. The van der Waals surface area contributed by atoms with E-state index in [1.54, 1.807) is 30.7 Å². The zero-order chi connectivity index (χ0) is 15.9. The molecule has 0 atom stereocenters. The molecule has 0 aliphatic heterocycles. The van der Waals surface area contributed by atoms with Crippen LogP contribution in [0.25, 0.3) is 0 Å². The number of carbonyl (C=O) groups excluding carboxylic acids is 1. The molecule has 0 aromatic carbocycles. The van der Waals surface area contributed by atoms with E-state index in [0.29, 0.717) is 5.69 Å². The summed E-state index contributed by atoms with van der Waals surface area (Å²) in [4.78, 5) is 25.5. The van der Waals surface area contributed by atoms with E-state index in [1.807, 2.05) is 42.5 Å². The van der Waals surface area contributed by atoms with Gasteiger partial charge in [0.25, 0.3) is 0 Å². The minimum Gasteiger partial charge on any atom is -0.290 e. The smallest absolute Gasteiger partial charge is 0.204 e. The molecule has 0 saturated heterocycles. The van der Waals surface area contributed by atoms with E-state index < -0.39 is 4.58 Å². The number of aromatic nitrogens is 3. The number of hydrogen-bond acceptors (Lipinski definition) is 6. The highest BCUT2D eigenvalue weighted by Gasteiger charge is 2.24. The molecule has 3 aromatic heterocycles. The summed E-state index contributed by atoms with van der Waals surface area (Å²) >= 11 is 2.82. The lowest BCUT2D eigenvalue weighted by Gasteiger charge is -2.13.